The molecule has 0 bridgehead atoms. The van der Waals surface area contributed by atoms with Gasteiger partial charge in [-0.25, -0.2) is 0 Å². The smallest absolute Gasteiger partial charge is 0.265 e. The van der Waals surface area contributed by atoms with Gasteiger partial charge < -0.3 is 19.7 Å². The highest BCUT2D eigenvalue weighted by molar-refractivity contribution is 9.10. The molecule has 0 radical (unpaired) electrons. The molecular formula is C25H23BrN2O4. The molecule has 0 saturated carbocycles. The van der Waals surface area contributed by atoms with Crippen LogP contribution in [0.3, 0.4) is 0 Å². The van der Waals surface area contributed by atoms with E-state index in [-0.39, 0.29) is 18.4 Å². The van der Waals surface area contributed by atoms with E-state index >= 15 is 0 Å². The third kappa shape index (κ3) is 5.11. The first-order chi connectivity index (χ1) is 15.5. The van der Waals surface area contributed by atoms with Crippen molar-refractivity contribution in [3.05, 3.63) is 82.3 Å². The summed E-state index contributed by atoms with van der Waals surface area (Å²) in [5.74, 6) is 1.07. The van der Waals surface area contributed by atoms with Crippen molar-refractivity contribution in [2.75, 3.05) is 30.0 Å². The van der Waals surface area contributed by atoms with Crippen molar-refractivity contribution in [1.29, 1.82) is 0 Å². The molecule has 164 valence electrons. The minimum Gasteiger partial charge on any atom is -0.494 e. The van der Waals surface area contributed by atoms with Crippen LogP contribution < -0.4 is 19.7 Å². The molecule has 1 heterocycles. The van der Waals surface area contributed by atoms with E-state index in [1.54, 1.807) is 35.2 Å². The van der Waals surface area contributed by atoms with Gasteiger partial charge in [0.05, 0.1) is 17.9 Å². The summed E-state index contributed by atoms with van der Waals surface area (Å²) in [6.07, 6.45) is 0.659. The molecule has 32 heavy (non-hydrogen) atoms. The number of halogens is 1. The molecule has 0 atom stereocenters. The SMILES string of the molecule is Cc1cccc(OCCCN2C(=O)COc3ccc(NC(=O)c4ccccc4Br)cc32)c1. The van der Waals surface area contributed by atoms with Gasteiger partial charge in [-0.1, -0.05) is 24.3 Å². The van der Waals surface area contributed by atoms with Gasteiger partial charge in [0.25, 0.3) is 11.8 Å². The number of anilines is 2. The minimum absolute atomic E-state index is 0.00555. The standard InChI is InChI=1S/C25H23BrN2O4/c1-17-6-4-7-19(14-17)31-13-5-12-28-22-15-18(10-11-23(22)32-16-24(28)29)27-25(30)20-8-2-3-9-21(20)26/h2-4,6-11,14-15H,5,12-13,16H2,1H3,(H,27,30). The van der Waals surface area contributed by atoms with Crippen LogP contribution in [0.2, 0.25) is 0 Å². The zero-order chi connectivity index (χ0) is 22.5. The number of nitrogens with one attached hydrogen (secondary N) is 1. The average Bonchev–Trinajstić information content (AvgIpc) is 2.78. The number of carbonyl (C=O) groups excluding carboxylic acids is 2. The van der Waals surface area contributed by atoms with Crippen LogP contribution in [0.15, 0.2) is 71.2 Å². The molecule has 0 spiro atoms. The number of benzene rings is 3. The van der Waals surface area contributed by atoms with Crippen molar-refractivity contribution in [2.45, 2.75) is 13.3 Å². The van der Waals surface area contributed by atoms with Crippen LogP contribution in [-0.2, 0) is 4.79 Å². The average molecular weight is 495 g/mol. The van der Waals surface area contributed by atoms with Crippen LogP contribution in [0.1, 0.15) is 22.3 Å². The number of hydrogen-bond donors (Lipinski definition) is 1. The van der Waals surface area contributed by atoms with Crippen LogP contribution in [0.4, 0.5) is 11.4 Å². The Balaban J connectivity index is 1.43. The van der Waals surface area contributed by atoms with Crippen molar-refractivity contribution in [2.24, 2.45) is 0 Å². The second-order valence-electron chi connectivity index (χ2n) is 7.47. The van der Waals surface area contributed by atoms with Gasteiger partial charge in [0, 0.05) is 16.7 Å². The van der Waals surface area contributed by atoms with Crippen LogP contribution >= 0.6 is 15.9 Å². The maximum absolute atomic E-state index is 12.6. The van der Waals surface area contributed by atoms with E-state index < -0.39 is 0 Å². The highest BCUT2D eigenvalue weighted by Gasteiger charge is 2.26. The highest BCUT2D eigenvalue weighted by atomic mass is 79.9. The van der Waals surface area contributed by atoms with Gasteiger partial charge in [-0.05, 0) is 77.3 Å². The fourth-order valence-corrected chi connectivity index (χ4v) is 3.95. The van der Waals surface area contributed by atoms with E-state index in [1.165, 1.54) is 0 Å². The van der Waals surface area contributed by atoms with E-state index in [0.29, 0.717) is 46.7 Å². The summed E-state index contributed by atoms with van der Waals surface area (Å²) in [6.45, 7) is 2.99. The zero-order valence-corrected chi connectivity index (χ0v) is 19.2. The molecule has 0 saturated heterocycles. The Morgan fingerprint density at radius 1 is 1.12 bits per heavy atom. The van der Waals surface area contributed by atoms with Gasteiger partial charge in [-0.3, -0.25) is 9.59 Å². The van der Waals surface area contributed by atoms with Crippen molar-refractivity contribution >= 4 is 39.1 Å². The van der Waals surface area contributed by atoms with Crippen molar-refractivity contribution in [1.82, 2.24) is 0 Å². The Morgan fingerprint density at radius 2 is 1.97 bits per heavy atom. The summed E-state index contributed by atoms with van der Waals surface area (Å²) >= 11 is 3.40. The summed E-state index contributed by atoms with van der Waals surface area (Å²) in [5.41, 5.74) is 2.89. The van der Waals surface area contributed by atoms with E-state index in [1.807, 2.05) is 43.3 Å². The van der Waals surface area contributed by atoms with Crippen LogP contribution in [0.5, 0.6) is 11.5 Å². The number of nitrogens with zero attached hydrogens (tertiary/aromatic N) is 1. The molecule has 3 aromatic rings. The van der Waals surface area contributed by atoms with Crippen LogP contribution in [0.25, 0.3) is 0 Å². The van der Waals surface area contributed by atoms with Gasteiger partial charge in [-0.15, -0.1) is 0 Å². The van der Waals surface area contributed by atoms with Gasteiger partial charge in [-0.2, -0.15) is 0 Å². The number of fused-ring (bicyclic) bond motifs is 1. The zero-order valence-electron chi connectivity index (χ0n) is 17.6. The van der Waals surface area contributed by atoms with Gasteiger partial charge >= 0.3 is 0 Å². The summed E-state index contributed by atoms with van der Waals surface area (Å²) in [5, 5.41) is 2.89. The predicted molar refractivity (Wildman–Crippen MR) is 128 cm³/mol. The minimum atomic E-state index is -0.237. The topological polar surface area (TPSA) is 67.9 Å². The molecule has 1 aliphatic heterocycles. The number of amides is 2. The fraction of sp³-hybridized carbons (Fsp3) is 0.200. The van der Waals surface area contributed by atoms with E-state index in [4.69, 9.17) is 9.47 Å². The third-order valence-corrected chi connectivity index (χ3v) is 5.75. The summed E-state index contributed by atoms with van der Waals surface area (Å²) in [7, 11) is 0. The molecular weight excluding hydrogens is 472 g/mol. The van der Waals surface area contributed by atoms with E-state index in [9.17, 15) is 9.59 Å². The molecule has 0 unspecified atom stereocenters. The Bertz CT molecular complexity index is 1150. The molecule has 3 aromatic carbocycles. The van der Waals surface area contributed by atoms with Gasteiger partial charge in [0.2, 0.25) is 0 Å². The highest BCUT2D eigenvalue weighted by Crippen LogP contribution is 2.35. The Hall–Kier alpha value is -3.32. The van der Waals surface area contributed by atoms with Gasteiger partial charge in [0.15, 0.2) is 6.61 Å². The largest absolute Gasteiger partial charge is 0.494 e. The first-order valence-corrected chi connectivity index (χ1v) is 11.1. The van der Waals surface area contributed by atoms with E-state index in [2.05, 4.69) is 21.2 Å². The first-order valence-electron chi connectivity index (χ1n) is 10.3. The Kier molecular flexibility index (Phi) is 6.75. The molecule has 0 fully saturated rings. The number of carbonyl (C=O) groups is 2. The Labute approximate surface area is 195 Å². The summed E-state index contributed by atoms with van der Waals surface area (Å²) < 4.78 is 12.1. The third-order valence-electron chi connectivity index (χ3n) is 5.06. The first kappa shape index (κ1) is 21.9. The lowest BCUT2D eigenvalue weighted by Gasteiger charge is -2.30. The van der Waals surface area contributed by atoms with Crippen LogP contribution in [0, 0.1) is 6.92 Å². The van der Waals surface area contributed by atoms with E-state index in [0.717, 1.165) is 11.3 Å². The Morgan fingerprint density at radius 3 is 2.78 bits per heavy atom. The predicted octanol–water partition coefficient (Wildman–Crippen LogP) is 5.20. The molecule has 0 aromatic heterocycles. The van der Waals surface area contributed by atoms with Crippen molar-refractivity contribution in [3.8, 4) is 11.5 Å². The maximum Gasteiger partial charge on any atom is 0.265 e. The number of aryl methyl sites for hydroxylation is 1. The number of rotatable bonds is 7. The van der Waals surface area contributed by atoms with Crippen molar-refractivity contribution < 1.29 is 19.1 Å². The lowest BCUT2D eigenvalue weighted by molar-refractivity contribution is -0.121. The molecule has 4 rings (SSSR count). The van der Waals surface area contributed by atoms with Gasteiger partial charge in [0.1, 0.15) is 11.5 Å². The molecule has 7 heteroatoms. The second-order valence-corrected chi connectivity index (χ2v) is 8.32. The lowest BCUT2D eigenvalue weighted by atomic mass is 10.1. The molecule has 6 nitrogen and oxygen atoms in total. The second kappa shape index (κ2) is 9.87. The lowest BCUT2D eigenvalue weighted by Crippen LogP contribution is -2.39. The molecule has 2 amide bonds. The molecule has 1 aliphatic rings. The summed E-state index contributed by atoms with van der Waals surface area (Å²) in [4.78, 5) is 26.9. The normalized spacial score (nSPS) is 12.7. The van der Waals surface area contributed by atoms with Crippen molar-refractivity contribution in [3.63, 3.8) is 0 Å². The quantitative estimate of drug-likeness (QED) is 0.458. The molecule has 0 aliphatic carbocycles. The monoisotopic (exact) mass is 494 g/mol. The molecule has 1 N–H and O–H groups in total. The number of ether oxygens (including phenoxy) is 2. The fourth-order valence-electron chi connectivity index (χ4n) is 3.49. The maximum atomic E-state index is 12.6. The van der Waals surface area contributed by atoms with Crippen LogP contribution in [-0.4, -0.2) is 31.6 Å². The number of hydrogen-bond acceptors (Lipinski definition) is 4. The summed E-state index contributed by atoms with van der Waals surface area (Å²) in [6, 6.07) is 20.4.